The van der Waals surface area contributed by atoms with Crippen molar-refractivity contribution in [3.05, 3.63) is 64.0 Å². The van der Waals surface area contributed by atoms with Crippen LogP contribution in [-0.2, 0) is 11.2 Å². The molecule has 0 radical (unpaired) electrons. The fourth-order valence-electron chi connectivity index (χ4n) is 3.37. The number of carbonyl (C=O) groups excluding carboxylic acids is 1. The Hall–Kier alpha value is -2.11. The van der Waals surface area contributed by atoms with E-state index in [-0.39, 0.29) is 18.4 Å². The summed E-state index contributed by atoms with van der Waals surface area (Å²) in [6, 6.07) is 11.0. The summed E-state index contributed by atoms with van der Waals surface area (Å²) in [5.41, 5.74) is 1.46. The Labute approximate surface area is 155 Å². The summed E-state index contributed by atoms with van der Waals surface area (Å²) < 4.78 is 1.94. The third kappa shape index (κ3) is 2.98. The van der Waals surface area contributed by atoms with E-state index in [9.17, 15) is 4.79 Å². The first kappa shape index (κ1) is 16.4. The molecule has 1 aliphatic heterocycles. The molecular formula is C18H16Cl2N4O. The van der Waals surface area contributed by atoms with Crippen molar-refractivity contribution in [2.24, 2.45) is 0 Å². The van der Waals surface area contributed by atoms with E-state index in [0.29, 0.717) is 22.2 Å². The van der Waals surface area contributed by atoms with E-state index < -0.39 is 0 Å². The van der Waals surface area contributed by atoms with Gasteiger partial charge in [-0.2, -0.15) is 0 Å². The number of rotatable bonds is 3. The number of nitrogens with zero attached hydrogens (tertiary/aromatic N) is 4. The standard InChI is InChI=1S/C18H16Cl2N4O/c19-13-5-3-6-14(20)12(13)11-17(25)23-10-4-7-15(23)18-22-21-16-8-1-2-9-24(16)18/h1-3,5-6,8-9,15H,4,7,10-11H2/t15-/m0/s1. The number of hydrogen-bond acceptors (Lipinski definition) is 3. The van der Waals surface area contributed by atoms with Crippen molar-refractivity contribution in [3.8, 4) is 0 Å². The van der Waals surface area contributed by atoms with Crippen molar-refractivity contribution in [2.45, 2.75) is 25.3 Å². The summed E-state index contributed by atoms with van der Waals surface area (Å²) >= 11 is 12.4. The molecule has 0 N–H and O–H groups in total. The number of pyridine rings is 1. The van der Waals surface area contributed by atoms with Crippen molar-refractivity contribution in [1.29, 1.82) is 0 Å². The normalized spacial score (nSPS) is 17.4. The first-order valence-corrected chi connectivity index (χ1v) is 8.93. The van der Waals surface area contributed by atoms with Crippen molar-refractivity contribution >= 4 is 34.8 Å². The van der Waals surface area contributed by atoms with E-state index >= 15 is 0 Å². The molecule has 128 valence electrons. The van der Waals surface area contributed by atoms with Crippen LogP contribution in [0.15, 0.2) is 42.6 Å². The summed E-state index contributed by atoms with van der Waals surface area (Å²) in [4.78, 5) is 14.8. The van der Waals surface area contributed by atoms with Crippen LogP contribution in [0.4, 0.5) is 0 Å². The van der Waals surface area contributed by atoms with E-state index in [4.69, 9.17) is 23.2 Å². The van der Waals surface area contributed by atoms with Gasteiger partial charge in [-0.3, -0.25) is 9.20 Å². The minimum atomic E-state index is -0.0776. The number of carbonyl (C=O) groups is 1. The largest absolute Gasteiger partial charge is 0.332 e. The highest BCUT2D eigenvalue weighted by atomic mass is 35.5. The molecule has 0 spiro atoms. The predicted octanol–water partition coefficient (Wildman–Crippen LogP) is 3.94. The minimum absolute atomic E-state index is 0.00480. The Balaban J connectivity index is 1.62. The summed E-state index contributed by atoms with van der Waals surface area (Å²) in [6.07, 6.45) is 3.93. The fourth-order valence-corrected chi connectivity index (χ4v) is 3.91. The highest BCUT2D eigenvalue weighted by molar-refractivity contribution is 6.36. The van der Waals surface area contributed by atoms with Crippen LogP contribution in [0.1, 0.15) is 30.3 Å². The van der Waals surface area contributed by atoms with E-state index in [1.165, 1.54) is 0 Å². The van der Waals surface area contributed by atoms with Crippen LogP contribution in [0.5, 0.6) is 0 Å². The Kier molecular flexibility index (Phi) is 4.36. The SMILES string of the molecule is O=C(Cc1c(Cl)cccc1Cl)N1CCC[C@H]1c1nnc2ccccn12. The smallest absolute Gasteiger partial charge is 0.227 e. The van der Waals surface area contributed by atoms with Gasteiger partial charge in [0.2, 0.25) is 5.91 Å². The van der Waals surface area contributed by atoms with E-state index in [2.05, 4.69) is 10.2 Å². The maximum Gasteiger partial charge on any atom is 0.227 e. The van der Waals surface area contributed by atoms with E-state index in [1.54, 1.807) is 18.2 Å². The first-order valence-electron chi connectivity index (χ1n) is 8.17. The van der Waals surface area contributed by atoms with Crippen LogP contribution in [0, 0.1) is 0 Å². The summed E-state index contributed by atoms with van der Waals surface area (Å²) in [6.45, 7) is 0.702. The zero-order valence-corrected chi connectivity index (χ0v) is 14.9. The zero-order valence-electron chi connectivity index (χ0n) is 13.4. The third-order valence-corrected chi connectivity index (χ3v) is 5.31. The van der Waals surface area contributed by atoms with Crippen molar-refractivity contribution in [2.75, 3.05) is 6.54 Å². The van der Waals surface area contributed by atoms with E-state index in [1.807, 2.05) is 33.7 Å². The number of hydrogen-bond donors (Lipinski definition) is 0. The summed E-state index contributed by atoms with van der Waals surface area (Å²) in [5, 5.41) is 9.56. The minimum Gasteiger partial charge on any atom is -0.332 e. The quantitative estimate of drug-likeness (QED) is 0.697. The van der Waals surface area contributed by atoms with Gasteiger partial charge in [0.15, 0.2) is 11.5 Å². The molecule has 0 saturated carbocycles. The Morgan fingerprint density at radius 3 is 2.72 bits per heavy atom. The molecule has 1 atom stereocenters. The Morgan fingerprint density at radius 2 is 1.92 bits per heavy atom. The van der Waals surface area contributed by atoms with Gasteiger partial charge < -0.3 is 4.90 Å². The van der Waals surface area contributed by atoms with Gasteiger partial charge in [0.25, 0.3) is 0 Å². The Morgan fingerprint density at radius 1 is 1.12 bits per heavy atom. The molecule has 1 aromatic carbocycles. The maximum absolute atomic E-state index is 12.9. The van der Waals surface area contributed by atoms with Gasteiger partial charge in [0.05, 0.1) is 12.5 Å². The van der Waals surface area contributed by atoms with Crippen LogP contribution in [0.3, 0.4) is 0 Å². The van der Waals surface area contributed by atoms with E-state index in [0.717, 1.165) is 24.3 Å². The molecule has 2 aromatic heterocycles. The second kappa shape index (κ2) is 6.65. The van der Waals surface area contributed by atoms with Crippen molar-refractivity contribution in [1.82, 2.24) is 19.5 Å². The van der Waals surface area contributed by atoms with Crippen molar-refractivity contribution < 1.29 is 4.79 Å². The first-order chi connectivity index (χ1) is 12.1. The van der Waals surface area contributed by atoms with Crippen LogP contribution in [0.2, 0.25) is 10.0 Å². The van der Waals surface area contributed by atoms with Gasteiger partial charge in [-0.15, -0.1) is 10.2 Å². The van der Waals surface area contributed by atoms with Gasteiger partial charge in [-0.25, -0.2) is 0 Å². The van der Waals surface area contributed by atoms with Gasteiger partial charge in [0.1, 0.15) is 0 Å². The molecule has 0 aliphatic carbocycles. The van der Waals surface area contributed by atoms with Gasteiger partial charge in [-0.05, 0) is 42.7 Å². The lowest BCUT2D eigenvalue weighted by Gasteiger charge is -2.24. The molecule has 1 aliphatic rings. The van der Waals surface area contributed by atoms with Crippen molar-refractivity contribution in [3.63, 3.8) is 0 Å². The summed E-state index contributed by atoms with van der Waals surface area (Å²) in [7, 11) is 0. The summed E-state index contributed by atoms with van der Waals surface area (Å²) in [5.74, 6) is 0.803. The number of benzene rings is 1. The van der Waals surface area contributed by atoms with Crippen LogP contribution < -0.4 is 0 Å². The lowest BCUT2D eigenvalue weighted by Crippen LogP contribution is -2.32. The molecule has 3 aromatic rings. The molecule has 25 heavy (non-hydrogen) atoms. The lowest BCUT2D eigenvalue weighted by atomic mass is 10.1. The number of aromatic nitrogens is 3. The number of likely N-dealkylation sites (tertiary alicyclic amines) is 1. The molecule has 4 rings (SSSR count). The Bertz CT molecular complexity index is 919. The zero-order chi connectivity index (χ0) is 17.4. The average molecular weight is 375 g/mol. The van der Waals surface area contributed by atoms with Crippen LogP contribution in [0.25, 0.3) is 5.65 Å². The van der Waals surface area contributed by atoms with Crippen LogP contribution >= 0.6 is 23.2 Å². The third-order valence-electron chi connectivity index (χ3n) is 4.60. The topological polar surface area (TPSA) is 50.5 Å². The van der Waals surface area contributed by atoms with Gasteiger partial charge in [0, 0.05) is 22.8 Å². The number of halogens is 2. The molecule has 0 bridgehead atoms. The maximum atomic E-state index is 12.9. The monoisotopic (exact) mass is 374 g/mol. The molecule has 3 heterocycles. The highest BCUT2D eigenvalue weighted by Gasteiger charge is 2.33. The van der Waals surface area contributed by atoms with Gasteiger partial charge >= 0.3 is 0 Å². The second-order valence-corrected chi connectivity index (χ2v) is 6.92. The predicted molar refractivity (Wildman–Crippen MR) is 96.8 cm³/mol. The fraction of sp³-hybridized carbons (Fsp3) is 0.278. The molecular weight excluding hydrogens is 359 g/mol. The number of fused-ring (bicyclic) bond motifs is 1. The molecule has 1 saturated heterocycles. The number of amides is 1. The molecule has 1 amide bonds. The molecule has 7 heteroatoms. The molecule has 5 nitrogen and oxygen atoms in total. The average Bonchev–Trinajstić information content (AvgIpc) is 3.24. The van der Waals surface area contributed by atoms with Gasteiger partial charge in [-0.1, -0.05) is 35.3 Å². The highest BCUT2D eigenvalue weighted by Crippen LogP contribution is 2.33. The molecule has 0 unspecified atom stereocenters. The second-order valence-electron chi connectivity index (χ2n) is 6.11. The van der Waals surface area contributed by atoms with Crippen LogP contribution in [-0.4, -0.2) is 31.9 Å². The lowest BCUT2D eigenvalue weighted by molar-refractivity contribution is -0.131. The molecule has 1 fully saturated rings.